The van der Waals surface area contributed by atoms with Crippen molar-refractivity contribution in [2.75, 3.05) is 31.6 Å². The maximum absolute atomic E-state index is 13.5. The van der Waals surface area contributed by atoms with Crippen LogP contribution in [0.1, 0.15) is 36.8 Å². The molecule has 1 saturated heterocycles. The minimum Gasteiger partial charge on any atom is -0.494 e. The van der Waals surface area contributed by atoms with Gasteiger partial charge in [0, 0.05) is 25.6 Å². The zero-order valence-corrected chi connectivity index (χ0v) is 12.8. The summed E-state index contributed by atoms with van der Waals surface area (Å²) in [5.74, 6) is 0.424. The Morgan fingerprint density at radius 2 is 2.14 bits per heavy atom. The summed E-state index contributed by atoms with van der Waals surface area (Å²) in [6, 6.07) is 3.09. The number of likely N-dealkylation sites (N-methyl/N-ethyl adjacent to an activating group) is 1. The number of piperidine rings is 1. The highest BCUT2D eigenvalue weighted by atomic mass is 19.4. The van der Waals surface area contributed by atoms with Crippen LogP contribution in [0.2, 0.25) is 0 Å². The fourth-order valence-electron chi connectivity index (χ4n) is 3.62. The fourth-order valence-corrected chi connectivity index (χ4v) is 3.62. The lowest BCUT2D eigenvalue weighted by Crippen LogP contribution is -2.42. The highest BCUT2D eigenvalue weighted by molar-refractivity contribution is 5.69. The van der Waals surface area contributed by atoms with Crippen LogP contribution in [0.15, 0.2) is 12.1 Å². The number of fused-ring (bicyclic) bond motifs is 3. The van der Waals surface area contributed by atoms with E-state index in [0.717, 1.165) is 37.6 Å². The highest BCUT2D eigenvalue weighted by Crippen LogP contribution is 2.50. The molecule has 2 unspecified atom stereocenters. The van der Waals surface area contributed by atoms with Crippen molar-refractivity contribution in [3.05, 3.63) is 23.3 Å². The van der Waals surface area contributed by atoms with E-state index >= 15 is 0 Å². The molecule has 1 aromatic rings. The van der Waals surface area contributed by atoms with Gasteiger partial charge in [0.25, 0.3) is 0 Å². The average molecular weight is 314 g/mol. The van der Waals surface area contributed by atoms with Crippen molar-refractivity contribution < 1.29 is 17.9 Å². The van der Waals surface area contributed by atoms with Crippen molar-refractivity contribution in [3.8, 4) is 5.75 Å². The SMILES string of the molecule is CCCOc1cc2c(c(C(F)(F)F)c1)N(C)C1CCNCC21. The van der Waals surface area contributed by atoms with Crippen LogP contribution in [-0.2, 0) is 6.18 Å². The van der Waals surface area contributed by atoms with E-state index in [4.69, 9.17) is 4.74 Å². The number of nitrogens with one attached hydrogen (secondary N) is 1. The normalized spacial score (nSPS) is 24.1. The van der Waals surface area contributed by atoms with E-state index in [0.29, 0.717) is 18.0 Å². The number of alkyl halides is 3. The van der Waals surface area contributed by atoms with Crippen molar-refractivity contribution >= 4 is 5.69 Å². The Morgan fingerprint density at radius 3 is 2.82 bits per heavy atom. The van der Waals surface area contributed by atoms with Crippen molar-refractivity contribution in [1.29, 1.82) is 0 Å². The molecule has 1 fully saturated rings. The van der Waals surface area contributed by atoms with Crippen LogP contribution < -0.4 is 15.0 Å². The molecule has 3 rings (SSSR count). The molecule has 2 aliphatic rings. The van der Waals surface area contributed by atoms with Gasteiger partial charge in [-0.2, -0.15) is 13.2 Å². The molecule has 0 bridgehead atoms. The molecular weight excluding hydrogens is 293 g/mol. The van der Waals surface area contributed by atoms with E-state index in [1.54, 1.807) is 13.1 Å². The second-order valence-electron chi connectivity index (χ2n) is 6.03. The molecule has 0 spiro atoms. The number of rotatable bonds is 3. The minimum atomic E-state index is -4.37. The highest BCUT2D eigenvalue weighted by Gasteiger charge is 2.45. The zero-order valence-electron chi connectivity index (χ0n) is 12.8. The van der Waals surface area contributed by atoms with Gasteiger partial charge in [0.2, 0.25) is 0 Å². The van der Waals surface area contributed by atoms with Crippen LogP contribution in [0.5, 0.6) is 5.75 Å². The summed E-state index contributed by atoms with van der Waals surface area (Å²) in [7, 11) is 1.77. The third kappa shape index (κ3) is 2.53. The Bertz CT molecular complexity index is 559. The summed E-state index contributed by atoms with van der Waals surface area (Å²) in [5, 5.41) is 3.29. The molecule has 0 saturated carbocycles. The largest absolute Gasteiger partial charge is 0.494 e. The fraction of sp³-hybridized carbons (Fsp3) is 0.625. The minimum absolute atomic E-state index is 0.0972. The van der Waals surface area contributed by atoms with E-state index in [1.807, 2.05) is 11.8 Å². The van der Waals surface area contributed by atoms with Crippen LogP contribution in [0.4, 0.5) is 18.9 Å². The first-order chi connectivity index (χ1) is 10.4. The van der Waals surface area contributed by atoms with Gasteiger partial charge in [-0.3, -0.25) is 0 Å². The van der Waals surface area contributed by atoms with Gasteiger partial charge in [-0.1, -0.05) is 6.92 Å². The van der Waals surface area contributed by atoms with Gasteiger partial charge in [0.1, 0.15) is 5.75 Å². The number of halogens is 3. The molecule has 2 atom stereocenters. The van der Waals surface area contributed by atoms with Gasteiger partial charge in [-0.15, -0.1) is 0 Å². The maximum atomic E-state index is 13.5. The number of ether oxygens (including phenoxy) is 1. The number of benzene rings is 1. The van der Waals surface area contributed by atoms with Crippen LogP contribution in [0.3, 0.4) is 0 Å². The van der Waals surface area contributed by atoms with Gasteiger partial charge in [0.15, 0.2) is 0 Å². The van der Waals surface area contributed by atoms with Crippen molar-refractivity contribution in [3.63, 3.8) is 0 Å². The molecule has 6 heteroatoms. The smallest absolute Gasteiger partial charge is 0.418 e. The Morgan fingerprint density at radius 1 is 1.36 bits per heavy atom. The molecule has 2 heterocycles. The summed E-state index contributed by atoms with van der Waals surface area (Å²) < 4.78 is 46.0. The second-order valence-corrected chi connectivity index (χ2v) is 6.03. The maximum Gasteiger partial charge on any atom is 0.418 e. The van der Waals surface area contributed by atoms with Gasteiger partial charge >= 0.3 is 6.18 Å². The number of hydrogen-bond donors (Lipinski definition) is 1. The molecule has 0 aromatic heterocycles. The third-order valence-electron chi connectivity index (χ3n) is 4.59. The quantitative estimate of drug-likeness (QED) is 0.925. The summed E-state index contributed by atoms with van der Waals surface area (Å²) in [4.78, 5) is 1.81. The van der Waals surface area contributed by atoms with Crippen LogP contribution in [-0.4, -0.2) is 32.8 Å². The molecule has 0 amide bonds. The summed E-state index contributed by atoms with van der Waals surface area (Å²) >= 11 is 0. The van der Waals surface area contributed by atoms with Gasteiger partial charge in [-0.05, 0) is 37.1 Å². The molecular formula is C16H21F3N2O. The lowest BCUT2D eigenvalue weighted by molar-refractivity contribution is -0.137. The van der Waals surface area contributed by atoms with Crippen molar-refractivity contribution in [2.24, 2.45) is 0 Å². The van der Waals surface area contributed by atoms with Crippen molar-refractivity contribution in [1.82, 2.24) is 5.32 Å². The Balaban J connectivity index is 2.09. The van der Waals surface area contributed by atoms with E-state index in [2.05, 4.69) is 5.32 Å². The molecule has 0 aliphatic carbocycles. The van der Waals surface area contributed by atoms with Crippen molar-refractivity contribution in [2.45, 2.75) is 37.9 Å². The average Bonchev–Trinajstić information content (AvgIpc) is 2.77. The predicted molar refractivity (Wildman–Crippen MR) is 79.6 cm³/mol. The molecule has 0 radical (unpaired) electrons. The first-order valence-corrected chi connectivity index (χ1v) is 7.75. The number of nitrogens with zero attached hydrogens (tertiary/aromatic N) is 1. The van der Waals surface area contributed by atoms with Crippen LogP contribution in [0, 0.1) is 0 Å². The molecule has 22 heavy (non-hydrogen) atoms. The lowest BCUT2D eigenvalue weighted by Gasteiger charge is -2.31. The van der Waals surface area contributed by atoms with E-state index in [-0.39, 0.29) is 12.0 Å². The molecule has 3 nitrogen and oxygen atoms in total. The Labute approximate surface area is 128 Å². The number of hydrogen-bond acceptors (Lipinski definition) is 3. The van der Waals surface area contributed by atoms with Gasteiger partial charge < -0.3 is 15.0 Å². The summed E-state index contributed by atoms with van der Waals surface area (Å²) in [5.41, 5.74) is 0.517. The molecule has 122 valence electrons. The lowest BCUT2D eigenvalue weighted by atomic mass is 9.89. The molecule has 2 aliphatic heterocycles. The molecule has 1 aromatic carbocycles. The third-order valence-corrected chi connectivity index (χ3v) is 4.59. The predicted octanol–water partition coefficient (Wildman–Crippen LogP) is 3.39. The Kier molecular flexibility index (Phi) is 3.97. The van der Waals surface area contributed by atoms with E-state index < -0.39 is 11.7 Å². The van der Waals surface area contributed by atoms with E-state index in [9.17, 15) is 13.2 Å². The zero-order chi connectivity index (χ0) is 15.9. The summed E-state index contributed by atoms with van der Waals surface area (Å²) in [6.45, 7) is 3.93. The molecule has 1 N–H and O–H groups in total. The van der Waals surface area contributed by atoms with Crippen LogP contribution >= 0.6 is 0 Å². The second kappa shape index (κ2) is 5.65. The van der Waals surface area contributed by atoms with E-state index in [1.165, 1.54) is 0 Å². The van der Waals surface area contributed by atoms with Gasteiger partial charge in [0.05, 0.1) is 17.9 Å². The topological polar surface area (TPSA) is 24.5 Å². The standard InChI is InChI=1S/C16H21F3N2O/c1-3-6-22-10-7-11-12-9-20-5-4-14(12)21(2)15(11)13(8-10)16(17,18)19/h7-8,12,14,20H,3-6,9H2,1-2H3. The van der Waals surface area contributed by atoms with Gasteiger partial charge in [-0.25, -0.2) is 0 Å². The summed E-state index contributed by atoms with van der Waals surface area (Å²) in [6.07, 6.45) is -2.74. The Hall–Kier alpha value is -1.43. The first-order valence-electron chi connectivity index (χ1n) is 7.75. The van der Waals surface area contributed by atoms with Crippen LogP contribution in [0.25, 0.3) is 0 Å². The first kappa shape index (κ1) is 15.5. The number of anilines is 1. The monoisotopic (exact) mass is 314 g/mol.